The Labute approximate surface area is 102 Å². The van der Waals surface area contributed by atoms with Crippen molar-refractivity contribution in [1.82, 2.24) is 0 Å². The second-order valence-corrected chi connectivity index (χ2v) is 6.88. The Morgan fingerprint density at radius 3 is 2.12 bits per heavy atom. The molecule has 16 heavy (non-hydrogen) atoms. The average Bonchev–Trinajstić information content (AvgIpc) is 2.75. The molecule has 1 aliphatic rings. The highest BCUT2D eigenvalue weighted by Gasteiger charge is 2.51. The van der Waals surface area contributed by atoms with Gasteiger partial charge in [-0.05, 0) is 27.7 Å². The number of hydrogen-bond acceptors (Lipinski definition) is 5. The van der Waals surface area contributed by atoms with Crippen molar-refractivity contribution in [2.24, 2.45) is 0 Å². The Bertz CT molecular complexity index is 306. The van der Waals surface area contributed by atoms with Crippen molar-refractivity contribution in [3.8, 4) is 0 Å². The molecule has 1 saturated heterocycles. The standard InChI is InChI=1S/C10H19O4PS/c1-6-11-15(16,12-7-2)14-8(3)9-10(4,5)13-9/h9H,3,6-7H2,1-2,4-5H3. The largest absolute Gasteiger partial charge is 0.426 e. The molecule has 1 atom stereocenters. The molecule has 0 aromatic heterocycles. The number of ether oxygens (including phenoxy) is 1. The molecule has 0 saturated carbocycles. The SMILES string of the molecule is C=C(OP(=S)(OCC)OCC)C1OC1(C)C. The minimum absolute atomic E-state index is 0.115. The minimum Gasteiger partial charge on any atom is -0.426 e. The molecule has 1 fully saturated rings. The lowest BCUT2D eigenvalue weighted by molar-refractivity contribution is 0.187. The lowest BCUT2D eigenvalue weighted by Gasteiger charge is -2.21. The van der Waals surface area contributed by atoms with Crippen molar-refractivity contribution >= 4 is 18.5 Å². The summed E-state index contributed by atoms with van der Waals surface area (Å²) >= 11 is 5.23. The van der Waals surface area contributed by atoms with Crippen molar-refractivity contribution < 1.29 is 18.3 Å². The Hall–Kier alpha value is 0.0700. The molecule has 6 heteroatoms. The highest BCUT2D eigenvalue weighted by atomic mass is 32.5. The van der Waals surface area contributed by atoms with Crippen LogP contribution in [0.15, 0.2) is 12.3 Å². The van der Waals surface area contributed by atoms with Crippen molar-refractivity contribution in [3.05, 3.63) is 12.3 Å². The van der Waals surface area contributed by atoms with Crippen LogP contribution in [-0.4, -0.2) is 24.9 Å². The van der Waals surface area contributed by atoms with Crippen LogP contribution in [0.3, 0.4) is 0 Å². The summed E-state index contributed by atoms with van der Waals surface area (Å²) in [6.07, 6.45) is -0.115. The zero-order valence-electron chi connectivity index (χ0n) is 10.2. The number of rotatable bonds is 7. The molecule has 0 aliphatic carbocycles. The quantitative estimate of drug-likeness (QED) is 0.402. The average molecular weight is 266 g/mol. The van der Waals surface area contributed by atoms with Crippen LogP contribution in [0.2, 0.25) is 0 Å². The molecule has 94 valence electrons. The molecule has 1 unspecified atom stereocenters. The van der Waals surface area contributed by atoms with Crippen LogP contribution >= 0.6 is 6.72 Å². The third-order valence-corrected chi connectivity index (χ3v) is 4.55. The summed E-state index contributed by atoms with van der Waals surface area (Å²) < 4.78 is 21.6. The zero-order chi connectivity index (χ0) is 12.4. The lowest BCUT2D eigenvalue weighted by atomic mass is 10.1. The maximum absolute atomic E-state index is 5.54. The molecule has 0 spiro atoms. The predicted molar refractivity (Wildman–Crippen MR) is 66.7 cm³/mol. The van der Waals surface area contributed by atoms with Gasteiger partial charge in [0.05, 0.1) is 18.8 Å². The Morgan fingerprint density at radius 1 is 1.38 bits per heavy atom. The molecule has 4 nitrogen and oxygen atoms in total. The molecule has 0 aromatic rings. The number of epoxide rings is 1. The van der Waals surface area contributed by atoms with Crippen LogP contribution < -0.4 is 0 Å². The molecule has 1 aliphatic heterocycles. The predicted octanol–water partition coefficient (Wildman–Crippen LogP) is 2.99. The van der Waals surface area contributed by atoms with Gasteiger partial charge in [-0.2, -0.15) is 0 Å². The first-order valence-electron chi connectivity index (χ1n) is 5.30. The van der Waals surface area contributed by atoms with E-state index in [9.17, 15) is 0 Å². The van der Waals surface area contributed by atoms with Crippen LogP contribution in [0.5, 0.6) is 0 Å². The Morgan fingerprint density at radius 2 is 1.81 bits per heavy atom. The maximum atomic E-state index is 5.54. The lowest BCUT2D eigenvalue weighted by Crippen LogP contribution is -2.08. The molecule has 0 aromatic carbocycles. The van der Waals surface area contributed by atoms with Gasteiger partial charge in [0.15, 0.2) is 0 Å². The molecule has 0 radical (unpaired) electrons. The van der Waals surface area contributed by atoms with Crippen LogP contribution in [0.4, 0.5) is 0 Å². The van der Waals surface area contributed by atoms with Gasteiger partial charge >= 0.3 is 6.72 Å². The fourth-order valence-corrected chi connectivity index (χ4v) is 3.44. The normalized spacial score (nSPS) is 22.9. The molecular weight excluding hydrogens is 247 g/mol. The van der Waals surface area contributed by atoms with Crippen LogP contribution in [0.1, 0.15) is 27.7 Å². The van der Waals surface area contributed by atoms with E-state index in [0.29, 0.717) is 19.0 Å². The van der Waals surface area contributed by atoms with Gasteiger partial charge in [0.1, 0.15) is 11.9 Å². The van der Waals surface area contributed by atoms with Crippen molar-refractivity contribution in [2.45, 2.75) is 39.4 Å². The van der Waals surface area contributed by atoms with Gasteiger partial charge in [0.2, 0.25) is 0 Å². The summed E-state index contributed by atoms with van der Waals surface area (Å²) in [6, 6.07) is 0. The second-order valence-electron chi connectivity index (χ2n) is 3.94. The van der Waals surface area contributed by atoms with E-state index in [-0.39, 0.29) is 11.7 Å². The Kier molecular flexibility index (Phi) is 4.55. The zero-order valence-corrected chi connectivity index (χ0v) is 11.9. The van der Waals surface area contributed by atoms with E-state index in [1.807, 2.05) is 27.7 Å². The monoisotopic (exact) mass is 266 g/mol. The minimum atomic E-state index is -2.69. The summed E-state index contributed by atoms with van der Waals surface area (Å²) in [5.74, 6) is 0.496. The first kappa shape index (κ1) is 14.1. The summed E-state index contributed by atoms with van der Waals surface area (Å²) in [4.78, 5) is 0. The first-order valence-corrected chi connectivity index (χ1v) is 7.85. The van der Waals surface area contributed by atoms with Crippen molar-refractivity contribution in [3.63, 3.8) is 0 Å². The molecule has 1 heterocycles. The van der Waals surface area contributed by atoms with E-state index in [1.54, 1.807) is 0 Å². The van der Waals surface area contributed by atoms with Crippen molar-refractivity contribution in [2.75, 3.05) is 13.2 Å². The van der Waals surface area contributed by atoms with E-state index in [0.717, 1.165) is 0 Å². The van der Waals surface area contributed by atoms with Gasteiger partial charge in [-0.3, -0.25) is 9.05 Å². The maximum Gasteiger partial charge on any atom is 0.380 e. The summed E-state index contributed by atoms with van der Waals surface area (Å²) in [6.45, 7) is 9.68. The van der Waals surface area contributed by atoms with Gasteiger partial charge in [0, 0.05) is 11.8 Å². The van der Waals surface area contributed by atoms with E-state index < -0.39 is 6.72 Å². The van der Waals surface area contributed by atoms with E-state index in [4.69, 9.17) is 30.1 Å². The third kappa shape index (κ3) is 3.54. The van der Waals surface area contributed by atoms with E-state index in [2.05, 4.69) is 6.58 Å². The fraction of sp³-hybridized carbons (Fsp3) is 0.800. The van der Waals surface area contributed by atoms with Gasteiger partial charge < -0.3 is 9.26 Å². The molecule has 0 amide bonds. The van der Waals surface area contributed by atoms with Gasteiger partial charge in [0.25, 0.3) is 0 Å². The third-order valence-electron chi connectivity index (χ3n) is 2.09. The Balaban J connectivity index is 2.56. The summed E-state index contributed by atoms with van der Waals surface area (Å²) in [5.41, 5.74) is -0.213. The second kappa shape index (κ2) is 5.15. The van der Waals surface area contributed by atoms with E-state index in [1.165, 1.54) is 0 Å². The summed E-state index contributed by atoms with van der Waals surface area (Å²) in [7, 11) is 0. The van der Waals surface area contributed by atoms with Crippen molar-refractivity contribution in [1.29, 1.82) is 0 Å². The smallest absolute Gasteiger partial charge is 0.380 e. The van der Waals surface area contributed by atoms with Gasteiger partial charge in [-0.1, -0.05) is 6.58 Å². The van der Waals surface area contributed by atoms with Gasteiger partial charge in [-0.15, -0.1) is 0 Å². The molecule has 0 N–H and O–H groups in total. The summed E-state index contributed by atoms with van der Waals surface area (Å²) in [5, 5.41) is 0. The highest BCUT2D eigenvalue weighted by molar-refractivity contribution is 8.07. The molecular formula is C10H19O4PS. The topological polar surface area (TPSA) is 40.2 Å². The van der Waals surface area contributed by atoms with Crippen LogP contribution in [0, 0.1) is 0 Å². The fourth-order valence-electron chi connectivity index (χ4n) is 1.32. The van der Waals surface area contributed by atoms with Crippen LogP contribution in [-0.2, 0) is 30.1 Å². The first-order chi connectivity index (χ1) is 7.34. The number of hydrogen-bond donors (Lipinski definition) is 0. The van der Waals surface area contributed by atoms with E-state index >= 15 is 0 Å². The van der Waals surface area contributed by atoms with Crippen LogP contribution in [0.25, 0.3) is 0 Å². The highest BCUT2D eigenvalue weighted by Crippen LogP contribution is 2.54. The molecule has 1 rings (SSSR count). The molecule has 0 bridgehead atoms. The van der Waals surface area contributed by atoms with Gasteiger partial charge in [-0.25, -0.2) is 0 Å².